The lowest BCUT2D eigenvalue weighted by Gasteiger charge is -2.11. The number of aliphatic hydroxyl groups is 1. The Labute approximate surface area is 77.2 Å². The van der Waals surface area contributed by atoms with E-state index in [1.54, 1.807) is 19.6 Å². The summed E-state index contributed by atoms with van der Waals surface area (Å²) in [7, 11) is 1.58. The molecule has 1 fully saturated rings. The lowest BCUT2D eigenvalue weighted by molar-refractivity contribution is 0.0593. The number of methoxy groups -OCH3 is 1. The second-order valence-electron chi connectivity index (χ2n) is 3.43. The van der Waals surface area contributed by atoms with E-state index in [0.29, 0.717) is 12.6 Å². The Kier molecular flexibility index (Phi) is 2.33. The van der Waals surface area contributed by atoms with Gasteiger partial charge in [-0.1, -0.05) is 0 Å². The van der Waals surface area contributed by atoms with Gasteiger partial charge in [-0.25, -0.2) is 4.98 Å². The largest absolute Gasteiger partial charge is 0.384 e. The lowest BCUT2D eigenvalue weighted by Crippen LogP contribution is -2.10. The zero-order chi connectivity index (χ0) is 9.26. The predicted molar refractivity (Wildman–Crippen MR) is 47.3 cm³/mol. The summed E-state index contributed by atoms with van der Waals surface area (Å²) in [5, 5.41) is 9.68. The van der Waals surface area contributed by atoms with Crippen molar-refractivity contribution in [3.8, 4) is 0 Å². The maximum absolute atomic E-state index is 9.68. The first-order valence-electron chi connectivity index (χ1n) is 4.51. The quantitative estimate of drug-likeness (QED) is 0.752. The molecule has 1 atom stereocenters. The van der Waals surface area contributed by atoms with Crippen molar-refractivity contribution in [2.75, 3.05) is 13.7 Å². The molecule has 4 nitrogen and oxygen atoms in total. The predicted octanol–water partition coefficient (Wildman–Crippen LogP) is 0.898. The molecular weight excluding hydrogens is 168 g/mol. The summed E-state index contributed by atoms with van der Waals surface area (Å²) in [5.41, 5.74) is 0.865. The Morgan fingerprint density at radius 3 is 3.15 bits per heavy atom. The molecule has 72 valence electrons. The van der Waals surface area contributed by atoms with Gasteiger partial charge in [0.05, 0.1) is 24.8 Å². The molecule has 1 unspecified atom stereocenters. The Hall–Kier alpha value is -0.870. The second kappa shape index (κ2) is 3.47. The molecule has 0 aromatic carbocycles. The normalized spacial score (nSPS) is 18.9. The van der Waals surface area contributed by atoms with Gasteiger partial charge in [0.15, 0.2) is 0 Å². The molecule has 1 aromatic rings. The molecule has 0 saturated heterocycles. The molecule has 1 aliphatic carbocycles. The van der Waals surface area contributed by atoms with E-state index in [4.69, 9.17) is 4.74 Å². The summed E-state index contributed by atoms with van der Waals surface area (Å²) >= 11 is 0. The molecule has 1 aromatic heterocycles. The van der Waals surface area contributed by atoms with Crippen molar-refractivity contribution in [2.24, 2.45) is 0 Å². The highest BCUT2D eigenvalue weighted by Crippen LogP contribution is 2.36. The van der Waals surface area contributed by atoms with Crippen LogP contribution in [0.15, 0.2) is 12.5 Å². The van der Waals surface area contributed by atoms with Crippen molar-refractivity contribution in [3.05, 3.63) is 18.2 Å². The number of ether oxygens (including phenoxy) is 1. The molecule has 0 aliphatic heterocycles. The van der Waals surface area contributed by atoms with Gasteiger partial charge in [0.1, 0.15) is 6.10 Å². The summed E-state index contributed by atoms with van der Waals surface area (Å²) in [6.07, 6.45) is 5.34. The van der Waals surface area contributed by atoms with Gasteiger partial charge in [-0.3, -0.25) is 0 Å². The molecule has 0 amide bonds. The molecule has 4 heteroatoms. The standard InChI is InChI=1S/C9H14N2O2/c1-13-5-9(12)8-4-10-6-11(8)7-2-3-7/h4,6-7,9,12H,2-3,5H2,1H3. The second-order valence-corrected chi connectivity index (χ2v) is 3.43. The average Bonchev–Trinajstić information content (AvgIpc) is 2.84. The van der Waals surface area contributed by atoms with Gasteiger partial charge in [-0.2, -0.15) is 0 Å². The molecule has 2 rings (SSSR count). The number of hydrogen-bond acceptors (Lipinski definition) is 3. The van der Waals surface area contributed by atoms with Crippen molar-refractivity contribution in [3.63, 3.8) is 0 Å². The molecular formula is C9H14N2O2. The summed E-state index contributed by atoms with van der Waals surface area (Å²) in [6.45, 7) is 0.332. The fraction of sp³-hybridized carbons (Fsp3) is 0.667. The fourth-order valence-electron chi connectivity index (χ4n) is 1.47. The maximum Gasteiger partial charge on any atom is 0.119 e. The molecule has 1 aliphatic rings. The van der Waals surface area contributed by atoms with Crippen molar-refractivity contribution in [1.82, 2.24) is 9.55 Å². The van der Waals surface area contributed by atoms with Crippen LogP contribution in [0.2, 0.25) is 0 Å². The number of aromatic nitrogens is 2. The van der Waals surface area contributed by atoms with E-state index in [9.17, 15) is 5.11 Å². The average molecular weight is 182 g/mol. The Morgan fingerprint density at radius 1 is 1.77 bits per heavy atom. The van der Waals surface area contributed by atoms with Crippen molar-refractivity contribution in [2.45, 2.75) is 25.0 Å². The number of aliphatic hydroxyl groups excluding tert-OH is 1. The van der Waals surface area contributed by atoms with E-state index >= 15 is 0 Å². The smallest absolute Gasteiger partial charge is 0.119 e. The van der Waals surface area contributed by atoms with Crippen LogP contribution in [0.1, 0.15) is 30.7 Å². The zero-order valence-electron chi connectivity index (χ0n) is 7.68. The highest BCUT2D eigenvalue weighted by molar-refractivity contribution is 5.06. The van der Waals surface area contributed by atoms with Gasteiger partial charge in [-0.15, -0.1) is 0 Å². The van der Waals surface area contributed by atoms with E-state index in [1.807, 2.05) is 4.57 Å². The van der Waals surface area contributed by atoms with Gasteiger partial charge in [0.25, 0.3) is 0 Å². The Bertz CT molecular complexity index is 281. The highest BCUT2D eigenvalue weighted by atomic mass is 16.5. The van der Waals surface area contributed by atoms with E-state index in [2.05, 4.69) is 4.98 Å². The molecule has 0 spiro atoms. The first-order valence-corrected chi connectivity index (χ1v) is 4.51. The Morgan fingerprint density at radius 2 is 2.54 bits per heavy atom. The van der Waals surface area contributed by atoms with Crippen molar-refractivity contribution < 1.29 is 9.84 Å². The van der Waals surface area contributed by atoms with Crippen LogP contribution >= 0.6 is 0 Å². The zero-order valence-corrected chi connectivity index (χ0v) is 7.68. The van der Waals surface area contributed by atoms with Crippen LogP contribution in [0.5, 0.6) is 0 Å². The van der Waals surface area contributed by atoms with E-state index in [1.165, 1.54) is 12.8 Å². The first-order chi connectivity index (χ1) is 6.33. The van der Waals surface area contributed by atoms with E-state index < -0.39 is 6.10 Å². The molecule has 0 bridgehead atoms. The number of nitrogens with zero attached hydrogens (tertiary/aromatic N) is 2. The topological polar surface area (TPSA) is 47.3 Å². The minimum Gasteiger partial charge on any atom is -0.384 e. The van der Waals surface area contributed by atoms with Crippen LogP contribution in [-0.4, -0.2) is 28.4 Å². The van der Waals surface area contributed by atoms with Crippen LogP contribution in [0.25, 0.3) is 0 Å². The third kappa shape index (κ3) is 1.73. The summed E-state index contributed by atoms with van der Waals surface area (Å²) in [6, 6.07) is 0.559. The molecule has 1 saturated carbocycles. The molecule has 13 heavy (non-hydrogen) atoms. The van der Waals surface area contributed by atoms with Crippen molar-refractivity contribution in [1.29, 1.82) is 0 Å². The minimum atomic E-state index is -0.548. The molecule has 1 N–H and O–H groups in total. The van der Waals surface area contributed by atoms with Crippen LogP contribution < -0.4 is 0 Å². The third-order valence-corrected chi connectivity index (χ3v) is 2.30. The third-order valence-electron chi connectivity index (χ3n) is 2.30. The number of rotatable bonds is 4. The Balaban J connectivity index is 2.13. The summed E-state index contributed by atoms with van der Waals surface area (Å²) in [5.74, 6) is 0. The number of imidazole rings is 1. The van der Waals surface area contributed by atoms with E-state index in [-0.39, 0.29) is 0 Å². The van der Waals surface area contributed by atoms with Crippen LogP contribution in [0.3, 0.4) is 0 Å². The van der Waals surface area contributed by atoms with Gasteiger partial charge in [-0.05, 0) is 12.8 Å². The monoisotopic (exact) mass is 182 g/mol. The van der Waals surface area contributed by atoms with Crippen molar-refractivity contribution >= 4 is 0 Å². The SMILES string of the molecule is COCC(O)c1cncn1C1CC1. The van der Waals surface area contributed by atoms with Gasteiger partial charge >= 0.3 is 0 Å². The fourth-order valence-corrected chi connectivity index (χ4v) is 1.47. The van der Waals surface area contributed by atoms with E-state index in [0.717, 1.165) is 5.69 Å². The number of hydrogen-bond donors (Lipinski definition) is 1. The first kappa shape index (κ1) is 8.72. The van der Waals surface area contributed by atoms with Gasteiger partial charge < -0.3 is 14.4 Å². The summed E-state index contributed by atoms with van der Waals surface area (Å²) in [4.78, 5) is 4.03. The highest BCUT2D eigenvalue weighted by Gasteiger charge is 2.27. The van der Waals surface area contributed by atoms with Crippen LogP contribution in [0.4, 0.5) is 0 Å². The maximum atomic E-state index is 9.68. The minimum absolute atomic E-state index is 0.332. The summed E-state index contributed by atoms with van der Waals surface area (Å²) < 4.78 is 6.94. The van der Waals surface area contributed by atoms with Gasteiger partial charge in [0.2, 0.25) is 0 Å². The molecule has 1 heterocycles. The van der Waals surface area contributed by atoms with Crippen LogP contribution in [0, 0.1) is 0 Å². The van der Waals surface area contributed by atoms with Gasteiger partial charge in [0, 0.05) is 13.2 Å². The van der Waals surface area contributed by atoms with Crippen LogP contribution in [-0.2, 0) is 4.74 Å². The lowest BCUT2D eigenvalue weighted by atomic mass is 10.3. The molecule has 0 radical (unpaired) electrons.